The molecule has 0 aliphatic carbocycles. The van der Waals surface area contributed by atoms with Crippen LogP contribution in [0, 0.1) is 19.8 Å². The molecule has 1 aromatic rings. The van der Waals surface area contributed by atoms with Crippen molar-refractivity contribution in [1.29, 1.82) is 0 Å². The first-order valence-electron chi connectivity index (χ1n) is 7.18. The zero-order valence-corrected chi connectivity index (χ0v) is 12.0. The summed E-state index contributed by atoms with van der Waals surface area (Å²) in [6.07, 6.45) is 2.93. The van der Waals surface area contributed by atoms with Crippen molar-refractivity contribution in [2.45, 2.75) is 33.1 Å². The molecule has 0 aromatic heterocycles. The van der Waals surface area contributed by atoms with Gasteiger partial charge in [0.25, 0.3) is 0 Å². The number of benzene rings is 1. The van der Waals surface area contributed by atoms with E-state index in [4.69, 9.17) is 0 Å². The first-order chi connectivity index (χ1) is 9.15. The lowest BCUT2D eigenvalue weighted by molar-refractivity contribution is -0.120. The van der Waals surface area contributed by atoms with Crippen LogP contribution in [-0.4, -0.2) is 25.5 Å². The van der Waals surface area contributed by atoms with Crippen LogP contribution in [0.4, 0.5) is 0 Å². The van der Waals surface area contributed by atoms with Crippen molar-refractivity contribution in [3.63, 3.8) is 0 Å². The second-order valence-corrected chi connectivity index (χ2v) is 5.62. The molecule has 1 aromatic carbocycles. The summed E-state index contributed by atoms with van der Waals surface area (Å²) in [5.74, 6) is 0.732. The van der Waals surface area contributed by atoms with Gasteiger partial charge in [-0.15, -0.1) is 0 Å². The van der Waals surface area contributed by atoms with E-state index in [0.717, 1.165) is 25.2 Å². The molecule has 3 heteroatoms. The number of hydrogen-bond donors (Lipinski definition) is 2. The van der Waals surface area contributed by atoms with Gasteiger partial charge in [0.1, 0.15) is 0 Å². The summed E-state index contributed by atoms with van der Waals surface area (Å²) in [5, 5.41) is 6.44. The predicted molar refractivity (Wildman–Crippen MR) is 78.2 cm³/mol. The minimum absolute atomic E-state index is 0.138. The van der Waals surface area contributed by atoms with E-state index >= 15 is 0 Å². The third-order valence-electron chi connectivity index (χ3n) is 3.84. The molecule has 1 aliphatic heterocycles. The maximum Gasteiger partial charge on any atom is 0.224 e. The molecule has 1 aliphatic rings. The monoisotopic (exact) mass is 260 g/mol. The first kappa shape index (κ1) is 14.1. The molecule has 104 valence electrons. The molecular formula is C16H24N2O. The van der Waals surface area contributed by atoms with Gasteiger partial charge in [0, 0.05) is 6.54 Å². The Balaban J connectivity index is 1.81. The third-order valence-corrected chi connectivity index (χ3v) is 3.84. The van der Waals surface area contributed by atoms with Crippen LogP contribution in [0.25, 0.3) is 0 Å². The van der Waals surface area contributed by atoms with Crippen LogP contribution in [0.2, 0.25) is 0 Å². The highest BCUT2D eigenvalue weighted by Crippen LogP contribution is 2.12. The molecule has 2 N–H and O–H groups in total. The predicted octanol–water partition coefficient (Wildman–Crippen LogP) is 1.96. The Hall–Kier alpha value is -1.35. The lowest BCUT2D eigenvalue weighted by atomic mass is 9.99. The summed E-state index contributed by atoms with van der Waals surface area (Å²) in [5.41, 5.74) is 3.55. The summed E-state index contributed by atoms with van der Waals surface area (Å²) >= 11 is 0. The quantitative estimate of drug-likeness (QED) is 0.869. The van der Waals surface area contributed by atoms with E-state index in [2.05, 4.69) is 42.7 Å². The van der Waals surface area contributed by atoms with Crippen molar-refractivity contribution in [3.8, 4) is 0 Å². The van der Waals surface area contributed by atoms with Crippen molar-refractivity contribution in [2.24, 2.45) is 5.92 Å². The van der Waals surface area contributed by atoms with Crippen LogP contribution in [0.1, 0.15) is 29.5 Å². The van der Waals surface area contributed by atoms with Crippen molar-refractivity contribution in [3.05, 3.63) is 34.9 Å². The van der Waals surface area contributed by atoms with E-state index in [1.54, 1.807) is 0 Å². The number of nitrogens with one attached hydrogen (secondary N) is 2. The summed E-state index contributed by atoms with van der Waals surface area (Å²) in [4.78, 5) is 12.0. The summed E-state index contributed by atoms with van der Waals surface area (Å²) in [6, 6.07) is 6.28. The number of amides is 1. The number of aryl methyl sites for hydroxylation is 2. The zero-order chi connectivity index (χ0) is 13.7. The number of rotatable bonds is 4. The van der Waals surface area contributed by atoms with E-state index in [-0.39, 0.29) is 5.91 Å². The van der Waals surface area contributed by atoms with Gasteiger partial charge >= 0.3 is 0 Å². The lowest BCUT2D eigenvalue weighted by Crippen LogP contribution is -2.38. The fourth-order valence-electron chi connectivity index (χ4n) is 2.58. The highest BCUT2D eigenvalue weighted by Gasteiger charge is 2.14. The highest BCUT2D eigenvalue weighted by molar-refractivity contribution is 5.79. The second-order valence-electron chi connectivity index (χ2n) is 5.62. The minimum atomic E-state index is 0.138. The summed E-state index contributed by atoms with van der Waals surface area (Å²) < 4.78 is 0. The number of carbonyl (C=O) groups is 1. The van der Waals surface area contributed by atoms with Crippen LogP contribution in [-0.2, 0) is 11.2 Å². The van der Waals surface area contributed by atoms with E-state index < -0.39 is 0 Å². The molecule has 0 saturated carbocycles. The smallest absolute Gasteiger partial charge is 0.224 e. The van der Waals surface area contributed by atoms with E-state index in [9.17, 15) is 4.79 Å². The topological polar surface area (TPSA) is 41.1 Å². The van der Waals surface area contributed by atoms with Gasteiger partial charge < -0.3 is 10.6 Å². The Kier molecular flexibility index (Phi) is 4.97. The fraction of sp³-hybridized carbons (Fsp3) is 0.562. The molecule has 2 rings (SSSR count). The molecule has 19 heavy (non-hydrogen) atoms. The standard InChI is InChI=1S/C16H24N2O/c1-12-5-6-13(2)15(8-12)9-16(19)18-11-14-4-3-7-17-10-14/h5-6,8,14,17H,3-4,7,9-11H2,1-2H3,(H,18,19)/t14-/m1/s1. The minimum Gasteiger partial charge on any atom is -0.355 e. The van der Waals surface area contributed by atoms with Crippen molar-refractivity contribution in [1.82, 2.24) is 10.6 Å². The molecule has 1 fully saturated rings. The average molecular weight is 260 g/mol. The third kappa shape index (κ3) is 4.35. The Labute approximate surface area is 115 Å². The molecule has 1 atom stereocenters. The van der Waals surface area contributed by atoms with Crippen molar-refractivity contribution < 1.29 is 4.79 Å². The Morgan fingerprint density at radius 3 is 3.00 bits per heavy atom. The summed E-state index contributed by atoms with van der Waals surface area (Å²) in [6.45, 7) is 7.08. The highest BCUT2D eigenvalue weighted by atomic mass is 16.1. The number of carbonyl (C=O) groups excluding carboxylic acids is 1. The maximum atomic E-state index is 12.0. The summed E-state index contributed by atoms with van der Waals surface area (Å²) in [7, 11) is 0. The molecule has 1 heterocycles. The molecule has 0 spiro atoms. The van der Waals surface area contributed by atoms with E-state index in [1.165, 1.54) is 24.0 Å². The number of piperidine rings is 1. The second kappa shape index (κ2) is 6.71. The van der Waals surface area contributed by atoms with Crippen LogP contribution in [0.15, 0.2) is 18.2 Å². The van der Waals surface area contributed by atoms with Crippen molar-refractivity contribution in [2.75, 3.05) is 19.6 Å². The number of hydrogen-bond acceptors (Lipinski definition) is 2. The molecular weight excluding hydrogens is 236 g/mol. The maximum absolute atomic E-state index is 12.0. The van der Waals surface area contributed by atoms with Gasteiger partial charge in [0.05, 0.1) is 6.42 Å². The van der Waals surface area contributed by atoms with Gasteiger partial charge in [-0.2, -0.15) is 0 Å². The molecule has 0 unspecified atom stereocenters. The van der Waals surface area contributed by atoms with E-state index in [0.29, 0.717) is 12.3 Å². The van der Waals surface area contributed by atoms with Crippen LogP contribution in [0.5, 0.6) is 0 Å². The normalized spacial score (nSPS) is 19.2. The Morgan fingerprint density at radius 1 is 1.42 bits per heavy atom. The average Bonchev–Trinajstić information content (AvgIpc) is 2.42. The van der Waals surface area contributed by atoms with Gasteiger partial charge in [-0.25, -0.2) is 0 Å². The zero-order valence-electron chi connectivity index (χ0n) is 12.0. The van der Waals surface area contributed by atoms with Gasteiger partial charge in [0.2, 0.25) is 5.91 Å². The van der Waals surface area contributed by atoms with Gasteiger partial charge in [-0.3, -0.25) is 4.79 Å². The largest absolute Gasteiger partial charge is 0.355 e. The molecule has 0 radical (unpaired) electrons. The Morgan fingerprint density at radius 2 is 2.26 bits per heavy atom. The SMILES string of the molecule is Cc1ccc(C)c(CC(=O)NC[C@@H]2CCCNC2)c1. The van der Waals surface area contributed by atoms with Crippen LogP contribution >= 0.6 is 0 Å². The van der Waals surface area contributed by atoms with Crippen molar-refractivity contribution >= 4 is 5.91 Å². The first-order valence-corrected chi connectivity index (χ1v) is 7.18. The van der Waals surface area contributed by atoms with Gasteiger partial charge in [-0.05, 0) is 56.8 Å². The van der Waals surface area contributed by atoms with Crippen LogP contribution < -0.4 is 10.6 Å². The Bertz CT molecular complexity index is 436. The fourth-order valence-corrected chi connectivity index (χ4v) is 2.58. The van der Waals surface area contributed by atoms with Gasteiger partial charge in [0.15, 0.2) is 0 Å². The molecule has 3 nitrogen and oxygen atoms in total. The molecule has 0 bridgehead atoms. The lowest BCUT2D eigenvalue weighted by Gasteiger charge is -2.22. The van der Waals surface area contributed by atoms with Crippen LogP contribution in [0.3, 0.4) is 0 Å². The van der Waals surface area contributed by atoms with Gasteiger partial charge in [-0.1, -0.05) is 23.8 Å². The van der Waals surface area contributed by atoms with E-state index in [1.807, 2.05) is 0 Å². The molecule has 1 amide bonds. The molecule has 1 saturated heterocycles.